The van der Waals surface area contributed by atoms with Crippen molar-refractivity contribution in [2.75, 3.05) is 5.32 Å². The molecule has 0 bridgehead atoms. The van der Waals surface area contributed by atoms with Crippen LogP contribution in [-0.4, -0.2) is 30.5 Å². The zero-order chi connectivity index (χ0) is 21.4. The Hall–Kier alpha value is -1.81. The topological polar surface area (TPSA) is 95.5 Å². The van der Waals surface area contributed by atoms with Crippen molar-refractivity contribution in [1.29, 1.82) is 0 Å². The van der Waals surface area contributed by atoms with Crippen molar-refractivity contribution in [3.63, 3.8) is 0 Å². The van der Waals surface area contributed by atoms with E-state index in [2.05, 4.69) is 26.0 Å². The van der Waals surface area contributed by atoms with E-state index in [1.165, 1.54) is 12.1 Å². The van der Waals surface area contributed by atoms with Crippen LogP contribution in [0, 0.1) is 0 Å². The maximum absolute atomic E-state index is 12.7. The zero-order valence-electron chi connectivity index (χ0n) is 15.9. The maximum atomic E-state index is 12.7. The molecule has 0 spiro atoms. The second-order valence-electron chi connectivity index (χ2n) is 6.50. The summed E-state index contributed by atoms with van der Waals surface area (Å²) in [6, 6.07) is 13.1. The standard InChI is InChI=1S/C20H23BrN2O4S2/c1-2-3-18(23-29(26,27)17-11-7-15(21)8-12-17)20(28)22-16-9-4-14(5-10-16)6-13-19(24)25/h4-5,7-12,18,23H,2-3,6,13H2,1H3,(H,22,28)(H,24,25)/t18-/m0/s1. The van der Waals surface area contributed by atoms with Gasteiger partial charge in [-0.25, -0.2) is 13.1 Å². The van der Waals surface area contributed by atoms with E-state index in [4.69, 9.17) is 17.3 Å². The fraction of sp³-hybridized carbons (Fsp3) is 0.300. The van der Waals surface area contributed by atoms with Crippen molar-refractivity contribution in [2.24, 2.45) is 0 Å². The predicted octanol–water partition coefficient (Wildman–Crippen LogP) is 4.35. The number of aliphatic carboxylic acids is 1. The minimum Gasteiger partial charge on any atom is -0.481 e. The van der Waals surface area contributed by atoms with Crippen molar-refractivity contribution in [3.8, 4) is 0 Å². The lowest BCUT2D eigenvalue weighted by atomic mass is 10.1. The minimum absolute atomic E-state index is 0.0710. The highest BCUT2D eigenvalue weighted by Gasteiger charge is 2.23. The number of carboxylic acid groups (broad SMARTS) is 1. The summed E-state index contributed by atoms with van der Waals surface area (Å²) >= 11 is 8.75. The van der Waals surface area contributed by atoms with Crippen LogP contribution in [0.25, 0.3) is 0 Å². The molecule has 2 rings (SSSR count). The van der Waals surface area contributed by atoms with Gasteiger partial charge in [-0.05, 0) is 54.8 Å². The number of sulfonamides is 1. The Balaban J connectivity index is 2.06. The SMILES string of the molecule is CCC[C@H](NS(=O)(=O)c1ccc(Br)cc1)C(=S)Nc1ccc(CCC(=O)O)cc1. The number of halogens is 1. The van der Waals surface area contributed by atoms with E-state index in [1.807, 2.05) is 19.1 Å². The molecule has 0 aromatic heterocycles. The Kier molecular flexibility index (Phi) is 8.76. The van der Waals surface area contributed by atoms with Crippen LogP contribution in [0.1, 0.15) is 31.7 Å². The summed E-state index contributed by atoms with van der Waals surface area (Å²) in [7, 11) is -3.71. The van der Waals surface area contributed by atoms with Gasteiger partial charge in [-0.15, -0.1) is 0 Å². The van der Waals surface area contributed by atoms with E-state index >= 15 is 0 Å². The first-order valence-electron chi connectivity index (χ1n) is 9.10. The first-order valence-corrected chi connectivity index (χ1v) is 11.8. The molecule has 0 amide bonds. The number of carbonyl (C=O) groups is 1. The second kappa shape index (κ2) is 10.8. The van der Waals surface area contributed by atoms with Gasteiger partial charge in [0.2, 0.25) is 10.0 Å². The number of hydrogen-bond donors (Lipinski definition) is 3. The van der Waals surface area contributed by atoms with Crippen LogP contribution >= 0.6 is 28.1 Å². The molecule has 1 atom stereocenters. The van der Waals surface area contributed by atoms with E-state index in [-0.39, 0.29) is 11.3 Å². The largest absolute Gasteiger partial charge is 0.481 e. The van der Waals surface area contributed by atoms with Gasteiger partial charge in [0.25, 0.3) is 0 Å². The van der Waals surface area contributed by atoms with Gasteiger partial charge in [0.1, 0.15) is 0 Å². The van der Waals surface area contributed by atoms with E-state index in [0.717, 1.165) is 22.1 Å². The molecule has 2 aromatic carbocycles. The van der Waals surface area contributed by atoms with Crippen LogP contribution < -0.4 is 10.0 Å². The highest BCUT2D eigenvalue weighted by molar-refractivity contribution is 9.10. The molecule has 0 saturated carbocycles. The molecule has 0 aliphatic rings. The third-order valence-corrected chi connectivity index (χ3v) is 6.57. The molecule has 0 saturated heterocycles. The first-order chi connectivity index (χ1) is 13.7. The number of carboxylic acids is 1. The molecule has 29 heavy (non-hydrogen) atoms. The second-order valence-corrected chi connectivity index (χ2v) is 9.57. The summed E-state index contributed by atoms with van der Waals surface area (Å²) in [4.78, 5) is 11.2. The van der Waals surface area contributed by atoms with Gasteiger partial charge in [0, 0.05) is 16.6 Å². The number of hydrogen-bond acceptors (Lipinski definition) is 4. The van der Waals surface area contributed by atoms with Crippen molar-refractivity contribution in [1.82, 2.24) is 4.72 Å². The fourth-order valence-corrected chi connectivity index (χ4v) is 4.51. The zero-order valence-corrected chi connectivity index (χ0v) is 19.1. The van der Waals surface area contributed by atoms with Crippen LogP contribution in [0.15, 0.2) is 57.9 Å². The fourth-order valence-electron chi connectivity index (χ4n) is 2.64. The summed E-state index contributed by atoms with van der Waals surface area (Å²) in [5, 5.41) is 11.8. The van der Waals surface area contributed by atoms with E-state index < -0.39 is 22.0 Å². The van der Waals surface area contributed by atoms with Crippen molar-refractivity contribution < 1.29 is 18.3 Å². The van der Waals surface area contributed by atoms with Gasteiger partial charge in [-0.1, -0.05) is 53.6 Å². The van der Waals surface area contributed by atoms with E-state index in [9.17, 15) is 13.2 Å². The Morgan fingerprint density at radius 1 is 1.14 bits per heavy atom. The highest BCUT2D eigenvalue weighted by atomic mass is 79.9. The Bertz CT molecular complexity index is 945. The van der Waals surface area contributed by atoms with Crippen LogP contribution in [0.3, 0.4) is 0 Å². The smallest absolute Gasteiger partial charge is 0.303 e. The Morgan fingerprint density at radius 3 is 2.31 bits per heavy atom. The molecule has 9 heteroatoms. The monoisotopic (exact) mass is 498 g/mol. The van der Waals surface area contributed by atoms with Gasteiger partial charge < -0.3 is 10.4 Å². The summed E-state index contributed by atoms with van der Waals surface area (Å²) in [5.74, 6) is -0.839. The van der Waals surface area contributed by atoms with Gasteiger partial charge in [-0.3, -0.25) is 4.79 Å². The van der Waals surface area contributed by atoms with Gasteiger partial charge in [-0.2, -0.15) is 0 Å². The van der Waals surface area contributed by atoms with Gasteiger partial charge in [0.05, 0.1) is 15.9 Å². The Morgan fingerprint density at radius 2 is 1.76 bits per heavy atom. The number of nitrogens with one attached hydrogen (secondary N) is 2. The molecular formula is C20H23BrN2O4S2. The van der Waals surface area contributed by atoms with Crippen molar-refractivity contribution >= 4 is 54.8 Å². The molecule has 3 N–H and O–H groups in total. The normalized spacial score (nSPS) is 12.3. The van der Waals surface area contributed by atoms with Crippen LogP contribution in [0.5, 0.6) is 0 Å². The Labute approximate surface area is 184 Å². The van der Waals surface area contributed by atoms with Gasteiger partial charge in [0.15, 0.2) is 0 Å². The molecule has 156 valence electrons. The molecule has 2 aromatic rings. The number of rotatable bonds is 10. The molecule has 0 heterocycles. The molecule has 0 unspecified atom stereocenters. The van der Waals surface area contributed by atoms with Crippen LogP contribution in [0.2, 0.25) is 0 Å². The quantitative estimate of drug-likeness (QED) is 0.421. The van der Waals surface area contributed by atoms with Crippen LogP contribution in [-0.2, 0) is 21.2 Å². The maximum Gasteiger partial charge on any atom is 0.303 e. The summed E-state index contributed by atoms with van der Waals surface area (Å²) in [6.07, 6.45) is 1.83. The predicted molar refractivity (Wildman–Crippen MR) is 122 cm³/mol. The molecule has 0 aliphatic carbocycles. The van der Waals surface area contributed by atoms with Crippen molar-refractivity contribution in [3.05, 3.63) is 58.6 Å². The molecule has 0 aliphatic heterocycles. The lowest BCUT2D eigenvalue weighted by molar-refractivity contribution is -0.136. The number of anilines is 1. The summed E-state index contributed by atoms with van der Waals surface area (Å²) < 4.78 is 28.9. The lowest BCUT2D eigenvalue weighted by Crippen LogP contribution is -2.42. The van der Waals surface area contributed by atoms with E-state index in [1.54, 1.807) is 24.3 Å². The molecule has 6 nitrogen and oxygen atoms in total. The van der Waals surface area contributed by atoms with Crippen LogP contribution in [0.4, 0.5) is 5.69 Å². The first kappa shape index (κ1) is 23.5. The van der Waals surface area contributed by atoms with E-state index in [0.29, 0.717) is 17.8 Å². The van der Waals surface area contributed by atoms with Crippen molar-refractivity contribution in [2.45, 2.75) is 43.5 Å². The lowest BCUT2D eigenvalue weighted by Gasteiger charge is -2.20. The number of aryl methyl sites for hydroxylation is 1. The summed E-state index contributed by atoms with van der Waals surface area (Å²) in [6.45, 7) is 1.96. The number of thiocarbonyl (C=S) groups is 1. The molecular weight excluding hydrogens is 476 g/mol. The average molecular weight is 499 g/mol. The third-order valence-electron chi connectivity index (χ3n) is 4.16. The summed E-state index contributed by atoms with van der Waals surface area (Å²) in [5.41, 5.74) is 1.63. The highest BCUT2D eigenvalue weighted by Crippen LogP contribution is 2.17. The minimum atomic E-state index is -3.71. The average Bonchev–Trinajstić information content (AvgIpc) is 2.67. The number of benzene rings is 2. The molecule has 0 radical (unpaired) electrons. The molecule has 0 fully saturated rings. The third kappa shape index (κ3) is 7.50. The van der Waals surface area contributed by atoms with Gasteiger partial charge >= 0.3 is 5.97 Å².